The molecule has 15 nitrogen and oxygen atoms in total. The molecule has 0 fully saturated rings. The summed E-state index contributed by atoms with van der Waals surface area (Å²) in [5.74, 6) is -0.987. The van der Waals surface area contributed by atoms with Crippen LogP contribution in [-0.4, -0.2) is 95.0 Å². The van der Waals surface area contributed by atoms with E-state index in [2.05, 4.69) is 31.9 Å². The Morgan fingerprint density at radius 3 is 0.828 bits per heavy atom. The Morgan fingerprint density at radius 1 is 0.379 bits per heavy atom. The number of hydrogen-bond donors (Lipinski definition) is 5. The Balaban J connectivity index is 3.89. The first kappa shape index (κ1) is 57.0. The molecule has 5 unspecified atom stereocenters. The summed E-state index contributed by atoms with van der Waals surface area (Å²) >= 11 is 0. The number of hydrogen-bond acceptors (Lipinski definition) is 13. The van der Waals surface area contributed by atoms with Crippen molar-refractivity contribution in [2.45, 2.75) is 212 Å². The highest BCUT2D eigenvalue weighted by Gasteiger charge is 2.28. The highest BCUT2D eigenvalue weighted by molar-refractivity contribution is 7.47. The van der Waals surface area contributed by atoms with Gasteiger partial charge in [0, 0.05) is 12.8 Å². The molecule has 0 rings (SSSR count). The molecule has 0 aliphatic carbocycles. The number of carbonyl (C=O) groups excluding carboxylic acids is 2. The molecule has 0 amide bonds. The first-order valence-electron chi connectivity index (χ1n) is 22.4. The lowest BCUT2D eigenvalue weighted by molar-refractivity contribution is -0.148. The van der Waals surface area contributed by atoms with Crippen LogP contribution in [0.4, 0.5) is 0 Å². The normalized spacial score (nSPS) is 15.4. The van der Waals surface area contributed by atoms with Gasteiger partial charge in [-0.15, -0.1) is 0 Å². The van der Waals surface area contributed by atoms with E-state index in [9.17, 15) is 43.8 Å². The molecule has 346 valence electrons. The predicted octanol–water partition coefficient (Wildman–Crippen LogP) is 9.39. The fourth-order valence-electron chi connectivity index (χ4n) is 6.04. The molecule has 0 aliphatic heterocycles. The molecule has 0 heterocycles. The summed E-state index contributed by atoms with van der Waals surface area (Å²) in [6.07, 6.45) is 26.7. The van der Waals surface area contributed by atoms with Crippen molar-refractivity contribution in [1.82, 2.24) is 0 Å². The van der Waals surface area contributed by atoms with Crippen molar-refractivity contribution in [3.05, 3.63) is 0 Å². The van der Waals surface area contributed by atoms with E-state index in [1.165, 1.54) is 116 Å². The highest BCUT2D eigenvalue weighted by Crippen LogP contribution is 2.45. The van der Waals surface area contributed by atoms with Crippen LogP contribution < -0.4 is 0 Å². The number of rotatable bonds is 44. The molecule has 0 spiro atoms. The molecule has 0 aromatic carbocycles. The Kier molecular flexibility index (Phi) is 38.3. The van der Waals surface area contributed by atoms with Crippen LogP contribution in [-0.2, 0) is 46.3 Å². The Hall–Kier alpha value is -0.960. The molecule has 0 aromatic rings. The molecule has 0 saturated carbocycles. The largest absolute Gasteiger partial charge is 0.472 e. The lowest BCUT2D eigenvalue weighted by Crippen LogP contribution is -2.25. The fourth-order valence-corrected chi connectivity index (χ4v) is 7.63. The number of carbonyl (C=O) groups is 2. The molecule has 0 bridgehead atoms. The van der Waals surface area contributed by atoms with Gasteiger partial charge in [-0.05, 0) is 12.8 Å². The molecular formula is C41H82O15P2. The first-order valence-corrected chi connectivity index (χ1v) is 25.4. The van der Waals surface area contributed by atoms with Gasteiger partial charge in [-0.3, -0.25) is 27.7 Å². The van der Waals surface area contributed by atoms with Crippen LogP contribution in [0.5, 0.6) is 0 Å². The molecule has 0 aromatic heterocycles. The second kappa shape index (κ2) is 38.9. The Bertz CT molecular complexity index is 1070. The summed E-state index contributed by atoms with van der Waals surface area (Å²) in [7, 11) is -9.54. The van der Waals surface area contributed by atoms with Gasteiger partial charge in [0.05, 0.1) is 26.4 Å². The van der Waals surface area contributed by atoms with Crippen LogP contribution in [0, 0.1) is 0 Å². The maximum absolute atomic E-state index is 12.1. The monoisotopic (exact) mass is 877 g/mol. The number of aliphatic hydroxyl groups is 3. The van der Waals surface area contributed by atoms with E-state index in [1.54, 1.807) is 0 Å². The van der Waals surface area contributed by atoms with Gasteiger partial charge in [0.25, 0.3) is 0 Å². The first-order chi connectivity index (χ1) is 27.8. The number of phosphoric acid groups is 2. The minimum Gasteiger partial charge on any atom is -0.463 e. The van der Waals surface area contributed by atoms with Crippen LogP contribution >= 0.6 is 15.6 Å². The van der Waals surface area contributed by atoms with Crippen LogP contribution in [0.3, 0.4) is 0 Å². The molecule has 17 heteroatoms. The van der Waals surface area contributed by atoms with Crippen molar-refractivity contribution in [2.24, 2.45) is 0 Å². The van der Waals surface area contributed by atoms with E-state index < -0.39 is 85.5 Å². The summed E-state index contributed by atoms with van der Waals surface area (Å²) in [5.41, 5.74) is 0. The molecule has 0 radical (unpaired) electrons. The molecule has 58 heavy (non-hydrogen) atoms. The van der Waals surface area contributed by atoms with Crippen molar-refractivity contribution >= 4 is 27.6 Å². The van der Waals surface area contributed by atoms with Crippen LogP contribution in [0.25, 0.3) is 0 Å². The minimum absolute atomic E-state index is 0.202. The van der Waals surface area contributed by atoms with E-state index in [4.69, 9.17) is 9.47 Å². The van der Waals surface area contributed by atoms with E-state index in [0.29, 0.717) is 12.8 Å². The number of unbranched alkanes of at least 4 members (excludes halogenated alkanes) is 24. The molecule has 0 aliphatic rings. The van der Waals surface area contributed by atoms with Gasteiger partial charge < -0.3 is 34.6 Å². The standard InChI is InChI=1S/C41H82O15P2/c1-3-5-7-9-11-13-15-16-17-18-20-22-24-26-28-30-41(46)52-32-38(43)34-54-58(49,50)56-36-39(44)35-55-57(47,48)53-33-37(42)31-51-40(45)29-27-25-23-21-19-14-12-10-8-6-4-2/h37-39,42-44H,3-36H2,1-2H3,(H,47,48)(H,49,50). The number of esters is 2. The number of aliphatic hydroxyl groups excluding tert-OH is 3. The van der Waals surface area contributed by atoms with Gasteiger partial charge in [0.1, 0.15) is 31.5 Å². The van der Waals surface area contributed by atoms with Crippen molar-refractivity contribution in [3.63, 3.8) is 0 Å². The van der Waals surface area contributed by atoms with Crippen LogP contribution in [0.2, 0.25) is 0 Å². The SMILES string of the molecule is CCCCCCCCCCCCCCCCCC(=O)OCC(O)COP(=O)(O)OCC(O)COP(=O)(O)OCC(O)COC(=O)CCCCCCCCCCCCC. The lowest BCUT2D eigenvalue weighted by atomic mass is 10.0. The summed E-state index contributed by atoms with van der Waals surface area (Å²) < 4.78 is 52.8. The maximum atomic E-state index is 12.1. The van der Waals surface area contributed by atoms with Gasteiger partial charge in [-0.1, -0.05) is 168 Å². The summed E-state index contributed by atoms with van der Waals surface area (Å²) in [6.45, 7) is 0.432. The zero-order chi connectivity index (χ0) is 43.2. The van der Waals surface area contributed by atoms with Crippen LogP contribution in [0.1, 0.15) is 194 Å². The summed E-state index contributed by atoms with van der Waals surface area (Å²) in [6, 6.07) is 0. The van der Waals surface area contributed by atoms with E-state index >= 15 is 0 Å². The van der Waals surface area contributed by atoms with Gasteiger partial charge in [-0.25, -0.2) is 9.13 Å². The molecular weight excluding hydrogens is 794 g/mol. The summed E-state index contributed by atoms with van der Waals surface area (Å²) in [4.78, 5) is 43.6. The maximum Gasteiger partial charge on any atom is 0.472 e. The molecule has 5 N–H and O–H groups in total. The predicted molar refractivity (Wildman–Crippen MR) is 224 cm³/mol. The van der Waals surface area contributed by atoms with Gasteiger partial charge in [-0.2, -0.15) is 0 Å². The minimum atomic E-state index is -4.77. The average molecular weight is 877 g/mol. The second-order valence-corrected chi connectivity index (χ2v) is 18.3. The quantitative estimate of drug-likeness (QED) is 0.0218. The zero-order valence-corrected chi connectivity index (χ0v) is 37.8. The van der Waals surface area contributed by atoms with Crippen molar-refractivity contribution < 1.29 is 71.4 Å². The van der Waals surface area contributed by atoms with Crippen molar-refractivity contribution in [1.29, 1.82) is 0 Å². The third-order valence-corrected chi connectivity index (χ3v) is 11.5. The molecule has 5 atom stereocenters. The second-order valence-electron chi connectivity index (χ2n) is 15.4. The van der Waals surface area contributed by atoms with Crippen LogP contribution in [0.15, 0.2) is 0 Å². The van der Waals surface area contributed by atoms with Crippen molar-refractivity contribution in [2.75, 3.05) is 39.6 Å². The van der Waals surface area contributed by atoms with E-state index in [-0.39, 0.29) is 12.8 Å². The van der Waals surface area contributed by atoms with Gasteiger partial charge in [0.2, 0.25) is 0 Å². The lowest BCUT2D eigenvalue weighted by Gasteiger charge is -2.19. The van der Waals surface area contributed by atoms with Crippen molar-refractivity contribution in [3.8, 4) is 0 Å². The Labute approximate surface area is 349 Å². The van der Waals surface area contributed by atoms with Gasteiger partial charge >= 0.3 is 27.6 Å². The topological polar surface area (TPSA) is 225 Å². The number of phosphoric ester groups is 2. The Morgan fingerprint density at radius 2 is 0.586 bits per heavy atom. The zero-order valence-electron chi connectivity index (χ0n) is 36.0. The van der Waals surface area contributed by atoms with E-state index in [1.807, 2.05) is 0 Å². The fraction of sp³-hybridized carbons (Fsp3) is 0.951. The third-order valence-electron chi connectivity index (χ3n) is 9.56. The average Bonchev–Trinajstić information content (AvgIpc) is 3.19. The smallest absolute Gasteiger partial charge is 0.463 e. The molecule has 0 saturated heterocycles. The third kappa shape index (κ3) is 40.4. The number of ether oxygens (including phenoxy) is 2. The van der Waals surface area contributed by atoms with Gasteiger partial charge in [0.15, 0.2) is 0 Å². The summed E-state index contributed by atoms with van der Waals surface area (Å²) in [5, 5.41) is 29.9. The highest BCUT2D eigenvalue weighted by atomic mass is 31.2. The van der Waals surface area contributed by atoms with E-state index in [0.717, 1.165) is 38.5 Å².